The second-order valence-corrected chi connectivity index (χ2v) is 7.56. The summed E-state index contributed by atoms with van der Waals surface area (Å²) < 4.78 is 44.2. The SMILES string of the molecule is O=C(C1CCCCC1)N1CCCC1c1nc(-c2cccc(C(F)(F)F)c2)no1. The van der Waals surface area contributed by atoms with E-state index in [1.807, 2.05) is 4.90 Å². The van der Waals surface area contributed by atoms with E-state index in [-0.39, 0.29) is 29.3 Å². The van der Waals surface area contributed by atoms with Crippen LogP contribution in [0.4, 0.5) is 13.2 Å². The van der Waals surface area contributed by atoms with E-state index >= 15 is 0 Å². The van der Waals surface area contributed by atoms with Crippen molar-refractivity contribution < 1.29 is 22.5 Å². The lowest BCUT2D eigenvalue weighted by atomic mass is 9.88. The van der Waals surface area contributed by atoms with Crippen molar-refractivity contribution in [1.29, 1.82) is 0 Å². The summed E-state index contributed by atoms with van der Waals surface area (Å²) in [5.74, 6) is 0.605. The molecule has 1 aromatic heterocycles. The molecule has 1 atom stereocenters. The summed E-state index contributed by atoms with van der Waals surface area (Å²) in [6.07, 6.45) is 2.31. The molecule has 5 nitrogen and oxygen atoms in total. The summed E-state index contributed by atoms with van der Waals surface area (Å²) in [5, 5.41) is 3.87. The zero-order chi connectivity index (χ0) is 19.7. The molecule has 150 valence electrons. The Bertz CT molecular complexity index is 843. The Balaban J connectivity index is 1.54. The highest BCUT2D eigenvalue weighted by atomic mass is 19.4. The zero-order valence-electron chi connectivity index (χ0n) is 15.4. The van der Waals surface area contributed by atoms with E-state index in [1.54, 1.807) is 0 Å². The Morgan fingerprint density at radius 1 is 1.11 bits per heavy atom. The Hall–Kier alpha value is -2.38. The van der Waals surface area contributed by atoms with Crippen LogP contribution in [0, 0.1) is 5.92 Å². The maximum atomic E-state index is 12.9. The molecule has 1 aromatic carbocycles. The third-order valence-corrected chi connectivity index (χ3v) is 5.67. The van der Waals surface area contributed by atoms with Crippen molar-refractivity contribution in [1.82, 2.24) is 15.0 Å². The molecule has 0 N–H and O–H groups in total. The van der Waals surface area contributed by atoms with Gasteiger partial charge in [-0.05, 0) is 37.8 Å². The van der Waals surface area contributed by atoms with Crippen molar-refractivity contribution in [3.8, 4) is 11.4 Å². The van der Waals surface area contributed by atoms with Gasteiger partial charge < -0.3 is 9.42 Å². The van der Waals surface area contributed by atoms with Gasteiger partial charge in [0, 0.05) is 18.0 Å². The molecular weight excluding hydrogens is 371 g/mol. The van der Waals surface area contributed by atoms with Crippen molar-refractivity contribution in [2.24, 2.45) is 5.92 Å². The first-order valence-electron chi connectivity index (χ1n) is 9.75. The largest absolute Gasteiger partial charge is 0.416 e. The van der Waals surface area contributed by atoms with Crippen LogP contribution in [0.15, 0.2) is 28.8 Å². The molecule has 28 heavy (non-hydrogen) atoms. The second-order valence-electron chi connectivity index (χ2n) is 7.56. The number of halogens is 3. The fourth-order valence-corrected chi connectivity index (χ4v) is 4.19. The highest BCUT2D eigenvalue weighted by Gasteiger charge is 2.37. The summed E-state index contributed by atoms with van der Waals surface area (Å²) >= 11 is 0. The molecule has 1 aliphatic heterocycles. The minimum atomic E-state index is -4.43. The van der Waals surface area contributed by atoms with Gasteiger partial charge >= 0.3 is 6.18 Å². The van der Waals surface area contributed by atoms with Crippen LogP contribution in [0.3, 0.4) is 0 Å². The molecule has 2 aromatic rings. The number of rotatable bonds is 3. The van der Waals surface area contributed by atoms with E-state index < -0.39 is 11.7 Å². The van der Waals surface area contributed by atoms with Gasteiger partial charge in [-0.3, -0.25) is 4.79 Å². The van der Waals surface area contributed by atoms with E-state index in [9.17, 15) is 18.0 Å². The third kappa shape index (κ3) is 3.77. The van der Waals surface area contributed by atoms with Crippen molar-refractivity contribution in [3.63, 3.8) is 0 Å². The number of amides is 1. The quantitative estimate of drug-likeness (QED) is 0.736. The molecular formula is C20H22F3N3O2. The van der Waals surface area contributed by atoms with Crippen molar-refractivity contribution >= 4 is 5.91 Å². The number of likely N-dealkylation sites (tertiary alicyclic amines) is 1. The van der Waals surface area contributed by atoms with Crippen LogP contribution in [0.25, 0.3) is 11.4 Å². The number of carbonyl (C=O) groups excluding carboxylic acids is 1. The van der Waals surface area contributed by atoms with Crippen LogP contribution in [-0.2, 0) is 11.0 Å². The molecule has 4 rings (SSSR count). The monoisotopic (exact) mass is 393 g/mol. The van der Waals surface area contributed by atoms with Crippen LogP contribution in [0.1, 0.15) is 62.4 Å². The van der Waals surface area contributed by atoms with Gasteiger partial charge in [-0.2, -0.15) is 18.2 Å². The van der Waals surface area contributed by atoms with Crippen LogP contribution in [0.5, 0.6) is 0 Å². The molecule has 8 heteroatoms. The number of hydrogen-bond acceptors (Lipinski definition) is 4. The molecule has 1 saturated heterocycles. The van der Waals surface area contributed by atoms with Crippen LogP contribution < -0.4 is 0 Å². The van der Waals surface area contributed by atoms with Gasteiger partial charge in [0.1, 0.15) is 6.04 Å². The lowest BCUT2D eigenvalue weighted by Crippen LogP contribution is -2.36. The fraction of sp³-hybridized carbons (Fsp3) is 0.550. The Morgan fingerprint density at radius 3 is 2.64 bits per heavy atom. The third-order valence-electron chi connectivity index (χ3n) is 5.67. The zero-order valence-corrected chi connectivity index (χ0v) is 15.4. The standard InChI is InChI=1S/C20H22F3N3O2/c21-20(22,23)15-9-4-8-14(12-15)17-24-18(28-25-17)16-10-5-11-26(16)19(27)13-6-2-1-3-7-13/h4,8-9,12-13,16H,1-3,5-7,10-11H2. The number of benzene rings is 1. The van der Waals surface area contributed by atoms with Gasteiger partial charge in [0.05, 0.1) is 5.56 Å². The van der Waals surface area contributed by atoms with Crippen molar-refractivity contribution in [2.75, 3.05) is 6.54 Å². The summed E-state index contributed by atoms with van der Waals surface area (Å²) in [5.41, 5.74) is -0.515. The Kier molecular flexibility index (Phi) is 5.12. The van der Waals surface area contributed by atoms with E-state index in [0.717, 1.165) is 50.7 Å². The molecule has 0 radical (unpaired) electrons. The molecule has 1 saturated carbocycles. The maximum absolute atomic E-state index is 12.9. The highest BCUT2D eigenvalue weighted by Crippen LogP contribution is 2.36. The van der Waals surface area contributed by atoms with Crippen LogP contribution in [-0.4, -0.2) is 27.5 Å². The number of hydrogen-bond donors (Lipinski definition) is 0. The maximum Gasteiger partial charge on any atom is 0.416 e. The van der Waals surface area contributed by atoms with Gasteiger partial charge in [0.25, 0.3) is 0 Å². The smallest absolute Gasteiger partial charge is 0.337 e. The van der Waals surface area contributed by atoms with Crippen LogP contribution >= 0.6 is 0 Å². The predicted octanol–water partition coefficient (Wildman–Crippen LogP) is 5.00. The topological polar surface area (TPSA) is 59.2 Å². The molecule has 2 aliphatic rings. The molecule has 0 spiro atoms. The first-order chi connectivity index (χ1) is 13.4. The fourth-order valence-electron chi connectivity index (χ4n) is 4.19. The minimum absolute atomic E-state index is 0.0557. The summed E-state index contributed by atoms with van der Waals surface area (Å²) in [6.45, 7) is 0.654. The second kappa shape index (κ2) is 7.56. The van der Waals surface area contributed by atoms with E-state index in [4.69, 9.17) is 4.52 Å². The number of nitrogens with zero attached hydrogens (tertiary/aromatic N) is 3. The first kappa shape index (κ1) is 19.0. The first-order valence-corrected chi connectivity index (χ1v) is 9.75. The molecule has 1 amide bonds. The number of alkyl halides is 3. The average Bonchev–Trinajstić information content (AvgIpc) is 3.37. The summed E-state index contributed by atoms with van der Waals surface area (Å²) in [4.78, 5) is 19.1. The predicted molar refractivity (Wildman–Crippen MR) is 95.0 cm³/mol. The number of aromatic nitrogens is 2. The Labute approximate surface area is 160 Å². The molecule has 0 bridgehead atoms. The average molecular weight is 393 g/mol. The lowest BCUT2D eigenvalue weighted by Gasteiger charge is -2.29. The van der Waals surface area contributed by atoms with Gasteiger partial charge in [-0.1, -0.05) is 36.6 Å². The van der Waals surface area contributed by atoms with Gasteiger partial charge in [-0.15, -0.1) is 0 Å². The molecule has 1 aliphatic carbocycles. The number of carbonyl (C=O) groups is 1. The van der Waals surface area contributed by atoms with Crippen molar-refractivity contribution in [2.45, 2.75) is 57.2 Å². The van der Waals surface area contributed by atoms with E-state index in [0.29, 0.717) is 12.4 Å². The minimum Gasteiger partial charge on any atom is -0.337 e. The molecule has 1 unspecified atom stereocenters. The Morgan fingerprint density at radius 2 is 1.89 bits per heavy atom. The van der Waals surface area contributed by atoms with Crippen LogP contribution in [0.2, 0.25) is 0 Å². The van der Waals surface area contributed by atoms with E-state index in [2.05, 4.69) is 10.1 Å². The summed E-state index contributed by atoms with van der Waals surface area (Å²) in [6, 6.07) is 4.56. The van der Waals surface area contributed by atoms with E-state index in [1.165, 1.54) is 18.6 Å². The van der Waals surface area contributed by atoms with Crippen molar-refractivity contribution in [3.05, 3.63) is 35.7 Å². The van der Waals surface area contributed by atoms with Gasteiger partial charge in [-0.25, -0.2) is 0 Å². The lowest BCUT2D eigenvalue weighted by molar-refractivity contribution is -0.138. The van der Waals surface area contributed by atoms with Gasteiger partial charge in [0.2, 0.25) is 17.6 Å². The van der Waals surface area contributed by atoms with Gasteiger partial charge in [0.15, 0.2) is 0 Å². The summed E-state index contributed by atoms with van der Waals surface area (Å²) in [7, 11) is 0. The normalized spacial score (nSPS) is 21.2. The molecule has 2 heterocycles. The molecule has 2 fully saturated rings. The highest BCUT2D eigenvalue weighted by molar-refractivity contribution is 5.79.